The van der Waals surface area contributed by atoms with E-state index in [-0.39, 0.29) is 23.6 Å². The number of ether oxygens (including phenoxy) is 2. The molecule has 236 valence electrons. The van der Waals surface area contributed by atoms with E-state index in [4.69, 9.17) is 20.2 Å². The second-order valence-corrected chi connectivity index (χ2v) is 13.0. The smallest absolute Gasteiger partial charge is 0.340 e. The first-order valence-corrected chi connectivity index (χ1v) is 15.9. The number of likely N-dealkylation sites (tertiary alicyclic amines) is 1. The Morgan fingerprint density at radius 1 is 1.00 bits per heavy atom. The van der Waals surface area contributed by atoms with Gasteiger partial charge in [0, 0.05) is 48.7 Å². The molecule has 0 spiro atoms. The molecule has 1 aliphatic heterocycles. The van der Waals surface area contributed by atoms with Gasteiger partial charge in [0.1, 0.15) is 17.1 Å². The summed E-state index contributed by atoms with van der Waals surface area (Å²) < 4.78 is 29.7. The Morgan fingerprint density at radius 2 is 1.78 bits per heavy atom. The van der Waals surface area contributed by atoms with Crippen molar-refractivity contribution in [1.29, 1.82) is 0 Å². The summed E-state index contributed by atoms with van der Waals surface area (Å²) in [5.74, 6) is 0.961. The highest BCUT2D eigenvalue weighted by molar-refractivity contribution is 6.01. The molecule has 3 aromatic carbocycles. The minimum atomic E-state index is -0.703. The molecule has 3 fully saturated rings. The van der Waals surface area contributed by atoms with Crippen molar-refractivity contribution in [2.75, 3.05) is 20.8 Å². The number of aromatic nitrogens is 3. The van der Waals surface area contributed by atoms with E-state index in [0.717, 1.165) is 52.9 Å². The van der Waals surface area contributed by atoms with Crippen molar-refractivity contribution in [2.45, 2.75) is 44.3 Å². The van der Waals surface area contributed by atoms with Crippen LogP contribution >= 0.6 is 0 Å². The number of fused-ring (bicyclic) bond motifs is 4. The van der Waals surface area contributed by atoms with E-state index in [1.807, 2.05) is 40.8 Å². The number of amides is 1. The molecule has 2 unspecified atom stereocenters. The van der Waals surface area contributed by atoms with Crippen LogP contribution in [0.2, 0.25) is 0 Å². The van der Waals surface area contributed by atoms with E-state index in [0.29, 0.717) is 40.8 Å². The lowest BCUT2D eigenvalue weighted by molar-refractivity contribution is 0.0595. The van der Waals surface area contributed by atoms with Crippen molar-refractivity contribution in [3.8, 4) is 28.4 Å². The number of benzene rings is 3. The number of esters is 1. The van der Waals surface area contributed by atoms with Gasteiger partial charge in [-0.3, -0.25) is 4.79 Å². The van der Waals surface area contributed by atoms with Crippen LogP contribution in [0.5, 0.6) is 5.75 Å². The van der Waals surface area contributed by atoms with Gasteiger partial charge in [0.15, 0.2) is 5.82 Å². The highest BCUT2D eigenvalue weighted by Gasteiger charge is 2.47. The highest BCUT2D eigenvalue weighted by Crippen LogP contribution is 2.41. The minimum absolute atomic E-state index is 0.0264. The van der Waals surface area contributed by atoms with Crippen molar-refractivity contribution >= 4 is 33.8 Å². The fraction of sp³-hybridized carbons (Fsp3) is 0.361. The zero-order valence-electron chi connectivity index (χ0n) is 26.1. The van der Waals surface area contributed by atoms with Gasteiger partial charge in [-0.15, -0.1) is 0 Å². The third-order valence-electron chi connectivity index (χ3n) is 10.3. The van der Waals surface area contributed by atoms with Crippen molar-refractivity contribution in [1.82, 2.24) is 19.0 Å². The first-order valence-electron chi connectivity index (χ1n) is 15.9. The maximum atomic E-state index is 14.8. The molecule has 2 aliphatic carbocycles. The fourth-order valence-corrected chi connectivity index (χ4v) is 7.61. The van der Waals surface area contributed by atoms with Gasteiger partial charge >= 0.3 is 5.97 Å². The Kier molecular flexibility index (Phi) is 6.68. The lowest BCUT2D eigenvalue weighted by Gasteiger charge is -2.27. The molecule has 10 heteroatoms. The van der Waals surface area contributed by atoms with E-state index in [1.54, 1.807) is 13.2 Å². The molecule has 46 heavy (non-hydrogen) atoms. The summed E-state index contributed by atoms with van der Waals surface area (Å²) >= 11 is 0. The summed E-state index contributed by atoms with van der Waals surface area (Å²) in [6.45, 7) is 1.53. The monoisotopic (exact) mass is 621 g/mol. The van der Waals surface area contributed by atoms with E-state index >= 15 is 0 Å². The van der Waals surface area contributed by atoms with Gasteiger partial charge in [-0.1, -0.05) is 18.2 Å². The van der Waals surface area contributed by atoms with Gasteiger partial charge < -0.3 is 29.2 Å². The molecule has 1 amide bonds. The van der Waals surface area contributed by atoms with Gasteiger partial charge in [-0.05, 0) is 85.0 Å². The minimum Gasteiger partial charge on any atom is -0.494 e. The van der Waals surface area contributed by atoms with Gasteiger partial charge in [0.05, 0.1) is 31.0 Å². The highest BCUT2D eigenvalue weighted by atomic mass is 19.1. The molecule has 3 atom stereocenters. The van der Waals surface area contributed by atoms with E-state index in [2.05, 4.69) is 16.7 Å². The average Bonchev–Trinajstić information content (AvgIpc) is 3.47. The zero-order chi connectivity index (χ0) is 31.9. The van der Waals surface area contributed by atoms with Crippen molar-refractivity contribution in [2.24, 2.45) is 24.6 Å². The molecule has 2 bridgehead atoms. The standard InChI is InChI=1S/C36H36FN5O4/c1-40-33-27(13-24(16-31(33)45-2)35(43)42-18-23-9-11-28(42)32(23)38)39-34(40)30-15-22-7-6-21(14-29(22)41(30)17-19-4-5-19)20-8-10-25(26(37)12-20)36(44)46-3/h6-8,10,12-16,19,23,28,32H,4-5,9,11,17-18,38H2,1-3H3/t23?,28?,32-/m1/s1. The number of carbonyl (C=O) groups excluding carboxylic acids is 2. The van der Waals surface area contributed by atoms with E-state index < -0.39 is 11.8 Å². The lowest BCUT2D eigenvalue weighted by atomic mass is 10.0. The Hall–Kier alpha value is -4.70. The van der Waals surface area contributed by atoms with Crippen molar-refractivity contribution < 1.29 is 23.5 Å². The largest absolute Gasteiger partial charge is 0.494 e. The molecular formula is C36H36FN5O4. The van der Waals surface area contributed by atoms with Crippen molar-refractivity contribution in [3.05, 3.63) is 71.5 Å². The first-order chi connectivity index (χ1) is 22.2. The topological polar surface area (TPSA) is 105 Å². The van der Waals surface area contributed by atoms with Crippen LogP contribution in [0.15, 0.2) is 54.6 Å². The van der Waals surface area contributed by atoms with Crippen LogP contribution in [-0.4, -0.2) is 63.7 Å². The van der Waals surface area contributed by atoms with Crippen LogP contribution in [0, 0.1) is 17.7 Å². The normalized spacial score (nSPS) is 20.6. The molecule has 2 saturated carbocycles. The number of methoxy groups -OCH3 is 2. The Labute approximate surface area is 265 Å². The molecular weight excluding hydrogens is 585 g/mol. The Bertz CT molecular complexity index is 2060. The second kappa shape index (κ2) is 10.7. The van der Waals surface area contributed by atoms with Crippen LogP contribution in [0.1, 0.15) is 46.4 Å². The number of piperidine rings is 1. The number of aryl methyl sites for hydroxylation is 1. The predicted molar refractivity (Wildman–Crippen MR) is 173 cm³/mol. The number of imidazole rings is 1. The number of hydrogen-bond donors (Lipinski definition) is 1. The number of rotatable bonds is 7. The molecule has 2 N–H and O–H groups in total. The Morgan fingerprint density at radius 3 is 2.46 bits per heavy atom. The molecule has 2 aromatic heterocycles. The van der Waals surface area contributed by atoms with E-state index in [9.17, 15) is 14.0 Å². The number of carbonyl (C=O) groups is 2. The quantitative estimate of drug-likeness (QED) is 0.232. The van der Waals surface area contributed by atoms with Gasteiger partial charge in [-0.25, -0.2) is 14.2 Å². The molecule has 8 rings (SSSR count). The van der Waals surface area contributed by atoms with Gasteiger partial charge in [0.25, 0.3) is 5.91 Å². The third-order valence-corrected chi connectivity index (χ3v) is 10.3. The molecule has 1 saturated heterocycles. The number of nitrogens with zero attached hydrogens (tertiary/aromatic N) is 4. The summed E-state index contributed by atoms with van der Waals surface area (Å²) in [6, 6.07) is 16.6. The first kappa shape index (κ1) is 28.8. The SMILES string of the molecule is COC(=O)c1ccc(-c2ccc3cc(-c4nc5cc(C(=O)N6CC7CCC6[C@@H]7N)cc(OC)c5n4C)n(CC4CC4)c3c2)cc1F. The summed E-state index contributed by atoms with van der Waals surface area (Å²) in [6.07, 6.45) is 4.37. The van der Waals surface area contributed by atoms with Gasteiger partial charge in [-0.2, -0.15) is 0 Å². The van der Waals surface area contributed by atoms with Crippen LogP contribution in [-0.2, 0) is 18.3 Å². The number of hydrogen-bond acceptors (Lipinski definition) is 6. The third kappa shape index (κ3) is 4.49. The predicted octanol–water partition coefficient (Wildman–Crippen LogP) is 5.77. The van der Waals surface area contributed by atoms with E-state index in [1.165, 1.54) is 32.1 Å². The molecule has 0 radical (unpaired) electrons. The molecule has 3 heterocycles. The molecule has 9 nitrogen and oxygen atoms in total. The fourth-order valence-electron chi connectivity index (χ4n) is 7.61. The Balaban J connectivity index is 1.22. The number of nitrogens with two attached hydrogens (primary N) is 1. The van der Waals surface area contributed by atoms with Crippen LogP contribution in [0.3, 0.4) is 0 Å². The van der Waals surface area contributed by atoms with Crippen LogP contribution in [0.25, 0.3) is 44.6 Å². The summed E-state index contributed by atoms with van der Waals surface area (Å²) in [5, 5.41) is 1.04. The van der Waals surface area contributed by atoms with Crippen molar-refractivity contribution in [3.63, 3.8) is 0 Å². The summed E-state index contributed by atoms with van der Waals surface area (Å²) in [4.78, 5) is 32.7. The summed E-state index contributed by atoms with van der Waals surface area (Å²) in [7, 11) is 4.83. The lowest BCUT2D eigenvalue weighted by Crippen LogP contribution is -2.41. The second-order valence-electron chi connectivity index (χ2n) is 13.0. The average molecular weight is 622 g/mol. The zero-order valence-corrected chi connectivity index (χ0v) is 26.1. The maximum absolute atomic E-state index is 14.8. The maximum Gasteiger partial charge on any atom is 0.340 e. The van der Waals surface area contributed by atoms with Gasteiger partial charge in [0.2, 0.25) is 0 Å². The van der Waals surface area contributed by atoms with Crippen LogP contribution in [0.4, 0.5) is 4.39 Å². The van der Waals surface area contributed by atoms with Crippen LogP contribution < -0.4 is 10.5 Å². The number of halogens is 1. The summed E-state index contributed by atoms with van der Waals surface area (Å²) in [5.41, 5.74) is 11.9. The molecule has 5 aromatic rings. The molecule has 3 aliphatic rings.